The van der Waals surface area contributed by atoms with E-state index in [0.29, 0.717) is 16.6 Å². The SMILES string of the molecule is COC(=O)c1ccc2c(c1)[nH]c1c(C(=O)O)cccc12. The molecule has 2 aromatic carbocycles. The average molecular weight is 269 g/mol. The molecule has 0 amide bonds. The summed E-state index contributed by atoms with van der Waals surface area (Å²) in [6.45, 7) is 0. The van der Waals surface area contributed by atoms with E-state index in [1.807, 2.05) is 6.07 Å². The standard InChI is InChI=1S/C15H11NO4/c1-20-15(19)8-5-6-9-10-3-2-4-11(14(17)18)13(10)16-12(9)7-8/h2-7,16H,1H3,(H,17,18). The Labute approximate surface area is 113 Å². The minimum absolute atomic E-state index is 0.207. The van der Waals surface area contributed by atoms with Gasteiger partial charge in [0.25, 0.3) is 0 Å². The molecule has 2 N–H and O–H groups in total. The number of carbonyl (C=O) groups excluding carboxylic acids is 1. The van der Waals surface area contributed by atoms with Gasteiger partial charge in [0.1, 0.15) is 0 Å². The number of rotatable bonds is 2. The lowest BCUT2D eigenvalue weighted by Gasteiger charge is -1.98. The molecule has 0 aliphatic rings. The zero-order valence-electron chi connectivity index (χ0n) is 10.6. The van der Waals surface area contributed by atoms with Crippen molar-refractivity contribution in [2.24, 2.45) is 0 Å². The van der Waals surface area contributed by atoms with Gasteiger partial charge in [0.2, 0.25) is 0 Å². The Kier molecular flexibility index (Phi) is 2.68. The topological polar surface area (TPSA) is 79.4 Å². The third-order valence-electron chi connectivity index (χ3n) is 3.29. The Morgan fingerprint density at radius 3 is 2.65 bits per heavy atom. The lowest BCUT2D eigenvalue weighted by atomic mass is 10.1. The number of carboxylic acids is 1. The number of carbonyl (C=O) groups is 2. The summed E-state index contributed by atoms with van der Waals surface area (Å²) in [5.74, 6) is -1.42. The van der Waals surface area contributed by atoms with Gasteiger partial charge >= 0.3 is 11.9 Å². The number of hydrogen-bond donors (Lipinski definition) is 2. The number of aromatic nitrogens is 1. The first kappa shape index (κ1) is 12.2. The van der Waals surface area contributed by atoms with Crippen LogP contribution in [0.1, 0.15) is 20.7 Å². The molecule has 0 saturated heterocycles. The van der Waals surface area contributed by atoms with E-state index in [1.54, 1.807) is 30.3 Å². The zero-order chi connectivity index (χ0) is 14.3. The van der Waals surface area contributed by atoms with Crippen LogP contribution in [0.15, 0.2) is 36.4 Å². The van der Waals surface area contributed by atoms with Crippen molar-refractivity contribution in [2.45, 2.75) is 0 Å². The molecule has 0 atom stereocenters. The first-order valence-corrected chi connectivity index (χ1v) is 5.98. The molecule has 0 fully saturated rings. The Morgan fingerprint density at radius 2 is 1.95 bits per heavy atom. The summed E-state index contributed by atoms with van der Waals surface area (Å²) in [4.78, 5) is 25.8. The van der Waals surface area contributed by atoms with Gasteiger partial charge in [0, 0.05) is 16.3 Å². The number of benzene rings is 2. The Morgan fingerprint density at radius 1 is 1.15 bits per heavy atom. The van der Waals surface area contributed by atoms with Crippen molar-refractivity contribution in [3.63, 3.8) is 0 Å². The highest BCUT2D eigenvalue weighted by atomic mass is 16.5. The van der Waals surface area contributed by atoms with Crippen LogP contribution in [0.5, 0.6) is 0 Å². The number of fused-ring (bicyclic) bond motifs is 3. The molecule has 3 aromatic rings. The van der Waals surface area contributed by atoms with Gasteiger partial charge in [0.05, 0.1) is 23.8 Å². The smallest absolute Gasteiger partial charge is 0.337 e. The van der Waals surface area contributed by atoms with Gasteiger partial charge in [0.15, 0.2) is 0 Å². The second-order valence-corrected chi connectivity index (χ2v) is 4.41. The summed E-state index contributed by atoms with van der Waals surface area (Å²) >= 11 is 0. The van der Waals surface area contributed by atoms with E-state index in [4.69, 9.17) is 0 Å². The number of para-hydroxylation sites is 1. The predicted molar refractivity (Wildman–Crippen MR) is 74.1 cm³/mol. The number of methoxy groups -OCH3 is 1. The van der Waals surface area contributed by atoms with E-state index in [9.17, 15) is 14.7 Å². The second-order valence-electron chi connectivity index (χ2n) is 4.41. The first-order valence-electron chi connectivity index (χ1n) is 5.98. The van der Waals surface area contributed by atoms with Crippen LogP contribution in [0.4, 0.5) is 0 Å². The van der Waals surface area contributed by atoms with E-state index < -0.39 is 11.9 Å². The maximum Gasteiger partial charge on any atom is 0.337 e. The van der Waals surface area contributed by atoms with Crippen molar-refractivity contribution in [2.75, 3.05) is 7.11 Å². The number of H-pyrrole nitrogens is 1. The number of nitrogens with one attached hydrogen (secondary N) is 1. The van der Waals surface area contributed by atoms with Gasteiger partial charge in [-0.2, -0.15) is 0 Å². The molecule has 0 spiro atoms. The van der Waals surface area contributed by atoms with Gasteiger partial charge in [-0.05, 0) is 18.2 Å². The lowest BCUT2D eigenvalue weighted by Crippen LogP contribution is -2.00. The summed E-state index contributed by atoms with van der Waals surface area (Å²) in [5.41, 5.74) is 1.88. The van der Waals surface area contributed by atoms with Crippen LogP contribution in [0, 0.1) is 0 Å². The summed E-state index contributed by atoms with van der Waals surface area (Å²) in [7, 11) is 1.32. The summed E-state index contributed by atoms with van der Waals surface area (Å²) < 4.78 is 4.67. The fraction of sp³-hybridized carbons (Fsp3) is 0.0667. The van der Waals surface area contributed by atoms with Crippen LogP contribution in [-0.4, -0.2) is 29.1 Å². The number of carboxylic acid groups (broad SMARTS) is 1. The van der Waals surface area contributed by atoms with Crippen molar-refractivity contribution < 1.29 is 19.4 Å². The van der Waals surface area contributed by atoms with Crippen molar-refractivity contribution in [1.29, 1.82) is 0 Å². The minimum Gasteiger partial charge on any atom is -0.478 e. The molecular weight excluding hydrogens is 258 g/mol. The van der Waals surface area contributed by atoms with Crippen LogP contribution in [0.3, 0.4) is 0 Å². The maximum atomic E-state index is 11.5. The fourth-order valence-corrected chi connectivity index (χ4v) is 2.35. The van der Waals surface area contributed by atoms with Gasteiger partial charge in [-0.1, -0.05) is 18.2 Å². The molecule has 5 heteroatoms. The summed E-state index contributed by atoms with van der Waals surface area (Å²) in [5, 5.41) is 10.9. The largest absolute Gasteiger partial charge is 0.478 e. The van der Waals surface area contributed by atoms with Gasteiger partial charge in [-0.25, -0.2) is 9.59 Å². The number of esters is 1. The molecular formula is C15H11NO4. The van der Waals surface area contributed by atoms with Crippen LogP contribution in [0.2, 0.25) is 0 Å². The molecule has 1 heterocycles. The molecule has 3 rings (SSSR count). The normalized spacial score (nSPS) is 10.8. The summed E-state index contributed by atoms with van der Waals surface area (Å²) in [6.07, 6.45) is 0. The lowest BCUT2D eigenvalue weighted by molar-refractivity contribution is 0.0600. The molecule has 0 saturated carbocycles. The van der Waals surface area contributed by atoms with Crippen molar-refractivity contribution in [1.82, 2.24) is 4.98 Å². The number of aromatic carboxylic acids is 1. The molecule has 0 aliphatic carbocycles. The third kappa shape index (κ3) is 1.72. The molecule has 5 nitrogen and oxygen atoms in total. The number of ether oxygens (including phenoxy) is 1. The molecule has 0 bridgehead atoms. The molecule has 0 unspecified atom stereocenters. The highest BCUT2D eigenvalue weighted by molar-refractivity contribution is 6.14. The minimum atomic E-state index is -0.990. The molecule has 0 radical (unpaired) electrons. The zero-order valence-corrected chi connectivity index (χ0v) is 10.6. The van der Waals surface area contributed by atoms with Gasteiger partial charge in [-0.3, -0.25) is 0 Å². The maximum absolute atomic E-state index is 11.5. The number of hydrogen-bond acceptors (Lipinski definition) is 3. The van der Waals surface area contributed by atoms with E-state index >= 15 is 0 Å². The Balaban J connectivity index is 2.33. The van der Waals surface area contributed by atoms with Gasteiger partial charge in [-0.15, -0.1) is 0 Å². The van der Waals surface area contributed by atoms with Gasteiger partial charge < -0.3 is 14.8 Å². The van der Waals surface area contributed by atoms with Crippen LogP contribution < -0.4 is 0 Å². The Bertz CT molecular complexity index is 848. The monoisotopic (exact) mass is 269 g/mol. The van der Waals surface area contributed by atoms with E-state index in [1.165, 1.54) is 7.11 Å². The first-order chi connectivity index (χ1) is 9.61. The van der Waals surface area contributed by atoms with E-state index in [2.05, 4.69) is 9.72 Å². The van der Waals surface area contributed by atoms with E-state index in [-0.39, 0.29) is 5.56 Å². The highest BCUT2D eigenvalue weighted by Crippen LogP contribution is 2.28. The fourth-order valence-electron chi connectivity index (χ4n) is 2.35. The third-order valence-corrected chi connectivity index (χ3v) is 3.29. The Hall–Kier alpha value is -2.82. The van der Waals surface area contributed by atoms with Crippen LogP contribution >= 0.6 is 0 Å². The van der Waals surface area contributed by atoms with Crippen molar-refractivity contribution in [3.05, 3.63) is 47.5 Å². The average Bonchev–Trinajstić information content (AvgIpc) is 2.83. The van der Waals surface area contributed by atoms with Crippen molar-refractivity contribution in [3.8, 4) is 0 Å². The predicted octanol–water partition coefficient (Wildman–Crippen LogP) is 2.81. The number of aromatic amines is 1. The summed E-state index contributed by atoms with van der Waals surface area (Å²) in [6, 6.07) is 10.2. The van der Waals surface area contributed by atoms with Crippen molar-refractivity contribution >= 4 is 33.7 Å². The highest BCUT2D eigenvalue weighted by Gasteiger charge is 2.14. The quantitative estimate of drug-likeness (QED) is 0.701. The second kappa shape index (κ2) is 4.38. The molecule has 1 aromatic heterocycles. The van der Waals surface area contributed by atoms with Crippen LogP contribution in [-0.2, 0) is 4.74 Å². The molecule has 0 aliphatic heterocycles. The van der Waals surface area contributed by atoms with E-state index in [0.717, 1.165) is 10.8 Å². The van der Waals surface area contributed by atoms with Crippen LogP contribution in [0.25, 0.3) is 21.8 Å². The molecule has 100 valence electrons. The molecule has 20 heavy (non-hydrogen) atoms.